The van der Waals surface area contributed by atoms with Gasteiger partial charge in [0, 0.05) is 44.5 Å². The largest absolute Gasteiger partial charge is 0.388 e. The number of primary amides is 1. The van der Waals surface area contributed by atoms with E-state index in [1.165, 1.54) is 19.3 Å². The van der Waals surface area contributed by atoms with E-state index in [2.05, 4.69) is 26.6 Å². The molecule has 3 unspecified atom stereocenters. The lowest BCUT2D eigenvalue weighted by atomic mass is 9.95. The summed E-state index contributed by atoms with van der Waals surface area (Å²) in [6, 6.07) is 2.70. The number of carbonyl (C=O) groups excluding carboxylic acids is 7. The second-order valence-corrected chi connectivity index (χ2v) is 13.7. The van der Waals surface area contributed by atoms with E-state index in [1.54, 1.807) is 26.0 Å². The number of aliphatic hydroxyl groups excluding tert-OH is 2. The van der Waals surface area contributed by atoms with Crippen molar-refractivity contribution >= 4 is 47.2 Å². The third-order valence-electron chi connectivity index (χ3n) is 9.11. The molecule has 7 atom stereocenters. The van der Waals surface area contributed by atoms with Crippen LogP contribution in [0.5, 0.6) is 0 Å². The van der Waals surface area contributed by atoms with Gasteiger partial charge in [-0.15, -0.1) is 0 Å². The summed E-state index contributed by atoms with van der Waals surface area (Å²) in [6.45, 7) is 4.12. The number of hydrogen-bond acceptors (Lipinski definition) is 12. The van der Waals surface area contributed by atoms with Gasteiger partial charge in [-0.05, 0) is 62.3 Å². The number of imide groups is 1. The zero-order valence-corrected chi connectivity index (χ0v) is 31.3. The van der Waals surface area contributed by atoms with Crippen molar-refractivity contribution < 1.29 is 53.2 Å². The smallest absolute Gasteiger partial charge is 0.312 e. The lowest BCUT2D eigenvalue weighted by Gasteiger charge is -2.42. The number of amides is 8. The number of nitrogens with zero attached hydrogens (tertiary/aromatic N) is 1. The molecule has 1 fully saturated rings. The molecule has 1 aromatic rings. The van der Waals surface area contributed by atoms with E-state index in [1.807, 2.05) is 12.1 Å². The first kappa shape index (κ1) is 44.4. The van der Waals surface area contributed by atoms with E-state index in [-0.39, 0.29) is 44.2 Å². The van der Waals surface area contributed by atoms with E-state index in [4.69, 9.17) is 20.9 Å². The fourth-order valence-electron chi connectivity index (χ4n) is 6.05. The van der Waals surface area contributed by atoms with Gasteiger partial charge in [0.25, 0.3) is 17.7 Å². The van der Waals surface area contributed by atoms with Gasteiger partial charge < -0.3 is 57.7 Å². The quantitative estimate of drug-likeness (QED) is 0.0497. The highest BCUT2D eigenvalue weighted by Crippen LogP contribution is 2.23. The Morgan fingerprint density at radius 2 is 1.60 bits per heavy atom. The predicted octanol–water partition coefficient (Wildman–Crippen LogP) is -1.74. The number of nitrogens with two attached hydrogens (primary N) is 2. The Labute approximate surface area is 319 Å². The number of anilines is 1. The molecule has 19 nitrogen and oxygen atoms in total. The molecule has 19 heteroatoms. The molecule has 0 spiro atoms. The number of methoxy groups -OCH3 is 1. The minimum absolute atomic E-state index is 0.0206. The Balaban J connectivity index is 1.59. The topological polar surface area (TPSA) is 294 Å². The van der Waals surface area contributed by atoms with Gasteiger partial charge in [0.05, 0.1) is 0 Å². The third-order valence-corrected chi connectivity index (χ3v) is 9.11. The molecule has 3 rings (SSSR count). The number of rotatable bonds is 21. The molecule has 0 aromatic heterocycles. The Morgan fingerprint density at radius 3 is 2.20 bits per heavy atom. The Hall–Kier alpha value is -4.95. The molecule has 0 bridgehead atoms. The van der Waals surface area contributed by atoms with Crippen molar-refractivity contribution in [1.29, 1.82) is 0 Å². The van der Waals surface area contributed by atoms with Gasteiger partial charge >= 0.3 is 6.03 Å². The lowest BCUT2D eigenvalue weighted by Crippen LogP contribution is -2.67. The van der Waals surface area contributed by atoms with Crippen molar-refractivity contribution in [3.8, 4) is 0 Å². The molecule has 0 saturated carbocycles. The van der Waals surface area contributed by atoms with Crippen LogP contribution in [-0.2, 0) is 44.7 Å². The number of unbranched alkanes of at least 4 members (excludes halogenated alkanes) is 2. The van der Waals surface area contributed by atoms with E-state index < -0.39 is 78.3 Å². The number of urea groups is 1. The van der Waals surface area contributed by atoms with Crippen LogP contribution in [0.3, 0.4) is 0 Å². The third kappa shape index (κ3) is 13.4. The number of nitrogens with one attached hydrogen (secondary N) is 5. The van der Waals surface area contributed by atoms with Gasteiger partial charge in [0.1, 0.15) is 30.3 Å². The summed E-state index contributed by atoms with van der Waals surface area (Å²) in [5, 5.41) is 34.9. The molecule has 304 valence electrons. The summed E-state index contributed by atoms with van der Waals surface area (Å²) in [5.74, 6) is -4.02. The summed E-state index contributed by atoms with van der Waals surface area (Å²) < 4.78 is 11.0. The van der Waals surface area contributed by atoms with Crippen LogP contribution in [0, 0.1) is 5.92 Å². The minimum Gasteiger partial charge on any atom is -0.388 e. The molecule has 2 heterocycles. The van der Waals surface area contributed by atoms with E-state index in [0.717, 1.165) is 10.5 Å². The van der Waals surface area contributed by atoms with Gasteiger partial charge in [-0.25, -0.2) is 4.79 Å². The van der Waals surface area contributed by atoms with Crippen LogP contribution >= 0.6 is 0 Å². The fourth-order valence-corrected chi connectivity index (χ4v) is 6.05. The molecular weight excluding hydrogens is 720 g/mol. The predicted molar refractivity (Wildman–Crippen MR) is 197 cm³/mol. The number of ether oxygens (including phenoxy) is 2. The standard InChI is InChI=1S/C36H54N8O11/c1-20(2)27(33(51)41-23(8-7-18-39-36(38)53)32(50)40-22-12-10-21(11-13-22)16-17-37)43-34(52)31-30(49)29(48)28(35(54-3)55-31)42-24(45)9-5-4-6-19-44-25(46)14-15-26(44)47/h10-15,20,23,27-31,35,48-49H,4-9,16-19,37H2,1-3H3,(H,40,50)(H,41,51)(H,42,45)(H,43,52)(H3,38,39,53)/t23?,27-,28?,29-,30+,31+,35?/m1/s1. The van der Waals surface area contributed by atoms with Gasteiger partial charge in [-0.1, -0.05) is 32.4 Å². The number of aliphatic hydroxyl groups is 2. The molecule has 0 aliphatic carbocycles. The van der Waals surface area contributed by atoms with Crippen LogP contribution in [-0.4, -0.2) is 126 Å². The molecular formula is C36H54N8O11. The molecule has 1 saturated heterocycles. The molecule has 2 aliphatic heterocycles. The Bertz CT molecular complexity index is 1520. The normalized spacial score (nSPS) is 21.9. The average Bonchev–Trinajstić information content (AvgIpc) is 3.46. The first-order chi connectivity index (χ1) is 26.2. The van der Waals surface area contributed by atoms with Gasteiger partial charge in [0.2, 0.25) is 17.7 Å². The van der Waals surface area contributed by atoms with Crippen LogP contribution < -0.4 is 38.1 Å². The van der Waals surface area contributed by atoms with Crippen LogP contribution in [0.25, 0.3) is 0 Å². The SMILES string of the molecule is COC1O[C@H](C(=O)N[C@@H](C(=O)NC(CCCNC(N)=O)C(=O)Nc2ccc(CCN)cc2)C(C)C)[C@@H](O)[C@H](O)C1NC(=O)CCCCCN1C(=O)C=CC1=O. The maximum Gasteiger partial charge on any atom is 0.312 e. The highest BCUT2D eigenvalue weighted by Gasteiger charge is 2.49. The van der Waals surface area contributed by atoms with Crippen LogP contribution in [0.15, 0.2) is 36.4 Å². The summed E-state index contributed by atoms with van der Waals surface area (Å²) in [6.07, 6.45) is -1.78. The molecule has 2 aliphatic rings. The zero-order chi connectivity index (χ0) is 40.7. The molecule has 8 amide bonds. The first-order valence-electron chi connectivity index (χ1n) is 18.3. The van der Waals surface area contributed by atoms with Gasteiger partial charge in [-0.2, -0.15) is 0 Å². The first-order valence-corrected chi connectivity index (χ1v) is 18.3. The van der Waals surface area contributed by atoms with Crippen LogP contribution in [0.2, 0.25) is 0 Å². The van der Waals surface area contributed by atoms with Crippen molar-refractivity contribution in [1.82, 2.24) is 26.2 Å². The molecule has 0 radical (unpaired) electrons. The molecule has 55 heavy (non-hydrogen) atoms. The monoisotopic (exact) mass is 774 g/mol. The Morgan fingerprint density at radius 1 is 0.927 bits per heavy atom. The van der Waals surface area contributed by atoms with Crippen molar-refractivity contribution in [3.63, 3.8) is 0 Å². The van der Waals surface area contributed by atoms with Crippen molar-refractivity contribution in [2.45, 2.75) is 102 Å². The van der Waals surface area contributed by atoms with E-state index in [9.17, 15) is 43.8 Å². The van der Waals surface area contributed by atoms with Crippen molar-refractivity contribution in [2.75, 3.05) is 32.1 Å². The number of benzene rings is 1. The zero-order valence-electron chi connectivity index (χ0n) is 31.3. The molecule has 1 aromatic carbocycles. The maximum absolute atomic E-state index is 13.6. The van der Waals surface area contributed by atoms with Crippen molar-refractivity contribution in [2.24, 2.45) is 17.4 Å². The van der Waals surface area contributed by atoms with Gasteiger partial charge in [-0.3, -0.25) is 33.7 Å². The summed E-state index contributed by atoms with van der Waals surface area (Å²) in [7, 11) is 1.22. The highest BCUT2D eigenvalue weighted by molar-refractivity contribution is 6.12. The Kier molecular flexibility index (Phi) is 17.6. The lowest BCUT2D eigenvalue weighted by molar-refractivity contribution is -0.252. The number of carbonyl (C=O) groups is 7. The van der Waals surface area contributed by atoms with Crippen molar-refractivity contribution in [3.05, 3.63) is 42.0 Å². The average molecular weight is 775 g/mol. The summed E-state index contributed by atoms with van der Waals surface area (Å²) in [4.78, 5) is 88.8. The van der Waals surface area contributed by atoms with E-state index in [0.29, 0.717) is 37.9 Å². The highest BCUT2D eigenvalue weighted by atomic mass is 16.7. The van der Waals surface area contributed by atoms with E-state index >= 15 is 0 Å². The minimum atomic E-state index is -1.84. The summed E-state index contributed by atoms with van der Waals surface area (Å²) in [5.41, 5.74) is 12.2. The second kappa shape index (κ2) is 21.8. The number of hydrogen-bond donors (Lipinski definition) is 9. The van der Waals surface area contributed by atoms with Crippen LogP contribution in [0.4, 0.5) is 10.5 Å². The molecule has 11 N–H and O–H groups in total. The van der Waals surface area contributed by atoms with Crippen LogP contribution in [0.1, 0.15) is 57.9 Å². The second-order valence-electron chi connectivity index (χ2n) is 13.7. The maximum atomic E-state index is 13.6. The fraction of sp³-hybridized carbons (Fsp3) is 0.583. The summed E-state index contributed by atoms with van der Waals surface area (Å²) >= 11 is 0. The van der Waals surface area contributed by atoms with Gasteiger partial charge in [0.15, 0.2) is 12.4 Å².